The van der Waals surface area contributed by atoms with E-state index in [2.05, 4.69) is 0 Å². The third kappa shape index (κ3) is 5.73. The molecule has 0 aliphatic carbocycles. The number of sulfone groups is 1. The normalized spacial score (nSPS) is 12.2. The van der Waals surface area contributed by atoms with E-state index in [4.69, 9.17) is 17.2 Å². The van der Waals surface area contributed by atoms with Crippen molar-refractivity contribution in [3.8, 4) is 0 Å². The molecule has 0 aromatic heterocycles. The zero-order chi connectivity index (χ0) is 20.6. The summed E-state index contributed by atoms with van der Waals surface area (Å²) in [6.07, 6.45) is 3.84. The average molecular weight is 468 g/mol. The molecule has 0 heterocycles. The van der Waals surface area contributed by atoms with Crippen molar-refractivity contribution in [2.24, 2.45) is 4.99 Å². The van der Waals surface area contributed by atoms with Crippen LogP contribution >= 0.6 is 47.5 Å². The molecule has 0 saturated heterocycles. The summed E-state index contributed by atoms with van der Waals surface area (Å²) in [7, 11) is -3.84. The largest absolute Gasteiger partial charge is 0.233 e. The lowest BCUT2D eigenvalue weighted by Gasteiger charge is -2.15. The summed E-state index contributed by atoms with van der Waals surface area (Å²) >= 11 is 9.86. The molecule has 0 bridgehead atoms. The van der Waals surface area contributed by atoms with Gasteiger partial charge >= 0.3 is 0 Å². The number of hydrogen-bond donors (Lipinski definition) is 0. The number of rotatable bonds is 6. The van der Waals surface area contributed by atoms with Gasteiger partial charge < -0.3 is 0 Å². The van der Waals surface area contributed by atoms with Crippen molar-refractivity contribution in [3.05, 3.63) is 71.1 Å². The van der Waals surface area contributed by atoms with E-state index in [1.807, 2.05) is 49.8 Å². The minimum atomic E-state index is -3.84. The van der Waals surface area contributed by atoms with Crippen LogP contribution in [0.4, 0.5) is 0 Å². The van der Waals surface area contributed by atoms with Crippen molar-refractivity contribution < 1.29 is 8.42 Å². The minimum absolute atomic E-state index is 0.0901. The molecule has 0 aliphatic heterocycles. The Bertz CT molecular complexity index is 962. The van der Waals surface area contributed by atoms with Crippen molar-refractivity contribution in [3.63, 3.8) is 0 Å². The summed E-state index contributed by atoms with van der Waals surface area (Å²) in [5.41, 5.74) is 1.10. The second-order valence-corrected chi connectivity index (χ2v) is 11.0. The van der Waals surface area contributed by atoms with E-state index in [0.717, 1.165) is 9.94 Å². The van der Waals surface area contributed by atoms with Crippen LogP contribution in [0.3, 0.4) is 0 Å². The lowest BCUT2D eigenvalue weighted by molar-refractivity contribution is 0.603. The van der Waals surface area contributed by atoms with E-state index in [0.29, 0.717) is 15.6 Å². The van der Waals surface area contributed by atoms with Gasteiger partial charge in [0.05, 0.1) is 14.8 Å². The van der Waals surface area contributed by atoms with Gasteiger partial charge in [-0.25, -0.2) is 13.4 Å². The molecule has 0 N–H and O–H groups in total. The van der Waals surface area contributed by atoms with Gasteiger partial charge in [0.25, 0.3) is 0 Å². The van der Waals surface area contributed by atoms with Crippen LogP contribution < -0.4 is 0 Å². The third-order valence-corrected chi connectivity index (χ3v) is 8.88. The fraction of sp³-hybridized carbons (Fsp3) is 0.200. The lowest BCUT2D eigenvalue weighted by Crippen LogP contribution is -2.13. The first-order chi connectivity index (χ1) is 13.5. The molecule has 0 fully saturated rings. The summed E-state index contributed by atoms with van der Waals surface area (Å²) in [4.78, 5) is 5.02. The molecule has 0 aliphatic rings. The monoisotopic (exact) mass is 467 g/mol. The molecule has 8 heteroatoms. The topological polar surface area (TPSA) is 46.5 Å². The number of hydrogen-bond acceptors (Lipinski definition) is 7. The van der Waals surface area contributed by atoms with E-state index in [1.54, 1.807) is 30.3 Å². The highest BCUT2D eigenvalue weighted by molar-refractivity contribution is 8.38. The van der Waals surface area contributed by atoms with Gasteiger partial charge in [-0.05, 0) is 30.4 Å². The molecule has 3 nitrogen and oxygen atoms in total. The van der Waals surface area contributed by atoms with Crippen LogP contribution in [0.15, 0.2) is 75.5 Å². The number of thiocarbonyl (C=S) groups is 1. The minimum Gasteiger partial charge on any atom is -0.233 e. The van der Waals surface area contributed by atoms with Crippen LogP contribution in [-0.2, 0) is 9.84 Å². The van der Waals surface area contributed by atoms with E-state index in [1.165, 1.54) is 35.3 Å². The van der Waals surface area contributed by atoms with Crippen LogP contribution in [0, 0.1) is 0 Å². The Kier molecular flexibility index (Phi) is 9.30. The third-order valence-electron chi connectivity index (χ3n) is 3.60. The van der Waals surface area contributed by atoms with Gasteiger partial charge in [0.2, 0.25) is 9.84 Å². The molecule has 2 aromatic rings. The quantitative estimate of drug-likeness (QED) is 0.225. The highest BCUT2D eigenvalue weighted by Crippen LogP contribution is 2.34. The second-order valence-electron chi connectivity index (χ2n) is 5.37. The molecule has 0 atom stereocenters. The molecular weight excluding hydrogens is 447 g/mol. The summed E-state index contributed by atoms with van der Waals surface area (Å²) < 4.78 is 28.3. The highest BCUT2D eigenvalue weighted by atomic mass is 32.2. The number of thioether (sulfide) groups is 3. The van der Waals surface area contributed by atoms with Crippen molar-refractivity contribution >= 4 is 71.6 Å². The molecular formula is C20H21NO2S5. The standard InChI is InChI=1S/C20H21NO2S5/c1-4-27-19(24)18(28(22,23)16-13-9-6-10-14-16)17(21-20(25-2)26-3)15-11-7-5-8-12-15/h5-14H,4H2,1-3H3/b18-17+. The number of aliphatic imine (C=N–C) groups is 1. The Morgan fingerprint density at radius 2 is 1.50 bits per heavy atom. The summed E-state index contributed by atoms with van der Waals surface area (Å²) in [5, 5.41) is 0. The highest BCUT2D eigenvalue weighted by Gasteiger charge is 2.29. The van der Waals surface area contributed by atoms with Crippen LogP contribution in [-0.4, -0.2) is 35.3 Å². The Hall–Kier alpha value is -1.06. The summed E-state index contributed by atoms with van der Waals surface area (Å²) in [6, 6.07) is 17.7. The van der Waals surface area contributed by atoms with E-state index < -0.39 is 9.84 Å². The van der Waals surface area contributed by atoms with Crippen LogP contribution in [0.5, 0.6) is 0 Å². The van der Waals surface area contributed by atoms with Crippen molar-refractivity contribution in [2.45, 2.75) is 11.8 Å². The first-order valence-electron chi connectivity index (χ1n) is 8.39. The average Bonchev–Trinajstić information content (AvgIpc) is 2.72. The smallest absolute Gasteiger partial charge is 0.210 e. The van der Waals surface area contributed by atoms with E-state index in [9.17, 15) is 8.42 Å². The Labute approximate surface area is 185 Å². The first kappa shape index (κ1) is 23.2. The van der Waals surface area contributed by atoms with E-state index in [-0.39, 0.29) is 9.80 Å². The Morgan fingerprint density at radius 1 is 0.964 bits per heavy atom. The van der Waals surface area contributed by atoms with Gasteiger partial charge in [0.1, 0.15) is 9.28 Å². The zero-order valence-electron chi connectivity index (χ0n) is 15.8. The van der Waals surface area contributed by atoms with Gasteiger partial charge in [0, 0.05) is 5.56 Å². The Balaban J connectivity index is 2.89. The molecule has 148 valence electrons. The molecule has 0 amide bonds. The van der Waals surface area contributed by atoms with Crippen molar-refractivity contribution in [1.29, 1.82) is 0 Å². The molecule has 2 rings (SSSR count). The van der Waals surface area contributed by atoms with Crippen LogP contribution in [0.25, 0.3) is 5.70 Å². The molecule has 2 aromatic carbocycles. The second kappa shape index (κ2) is 11.2. The van der Waals surface area contributed by atoms with Gasteiger partial charge in [-0.1, -0.05) is 67.7 Å². The van der Waals surface area contributed by atoms with Crippen molar-refractivity contribution in [1.82, 2.24) is 0 Å². The fourth-order valence-corrected chi connectivity index (χ4v) is 6.55. The maximum Gasteiger partial charge on any atom is 0.210 e. The maximum atomic E-state index is 13.6. The predicted octanol–water partition coefficient (Wildman–Crippen LogP) is 5.99. The summed E-state index contributed by atoms with van der Waals surface area (Å²) in [5.74, 6) is 0.677. The molecule has 28 heavy (non-hydrogen) atoms. The predicted molar refractivity (Wildman–Crippen MR) is 132 cm³/mol. The van der Waals surface area contributed by atoms with Gasteiger partial charge in [-0.2, -0.15) is 0 Å². The van der Waals surface area contributed by atoms with Crippen LogP contribution in [0.2, 0.25) is 0 Å². The molecule has 0 saturated carbocycles. The van der Waals surface area contributed by atoms with Crippen molar-refractivity contribution in [2.75, 3.05) is 18.3 Å². The lowest BCUT2D eigenvalue weighted by atomic mass is 10.1. The van der Waals surface area contributed by atoms with Crippen LogP contribution in [0.1, 0.15) is 12.5 Å². The summed E-state index contributed by atoms with van der Waals surface area (Å²) in [6.45, 7) is 1.95. The van der Waals surface area contributed by atoms with E-state index >= 15 is 0 Å². The number of nitrogens with zero attached hydrogens (tertiary/aromatic N) is 1. The zero-order valence-corrected chi connectivity index (χ0v) is 19.9. The van der Waals surface area contributed by atoms with Gasteiger partial charge in [-0.15, -0.1) is 35.3 Å². The van der Waals surface area contributed by atoms with Gasteiger partial charge in [0.15, 0.2) is 0 Å². The molecule has 0 spiro atoms. The SMILES string of the molecule is CCSC(=S)/C(=C(\N=C(SC)SC)c1ccccc1)S(=O)(=O)c1ccccc1. The number of benzene rings is 2. The first-order valence-corrected chi connectivity index (χ1v) is 13.7. The molecule has 0 unspecified atom stereocenters. The maximum absolute atomic E-state index is 13.6. The molecule has 0 radical (unpaired) electrons. The fourth-order valence-electron chi connectivity index (χ4n) is 2.36. The Morgan fingerprint density at radius 3 is 2.00 bits per heavy atom. The van der Waals surface area contributed by atoms with Gasteiger partial charge in [-0.3, -0.25) is 0 Å².